The quantitative estimate of drug-likeness (QED) is 0.840. The van der Waals surface area contributed by atoms with E-state index in [2.05, 4.69) is 5.32 Å². The van der Waals surface area contributed by atoms with Crippen molar-refractivity contribution in [2.45, 2.75) is 19.9 Å². The lowest BCUT2D eigenvalue weighted by molar-refractivity contribution is 0.0929. The second-order valence-corrected chi connectivity index (χ2v) is 4.54. The van der Waals surface area contributed by atoms with Gasteiger partial charge >= 0.3 is 0 Å². The highest BCUT2D eigenvalue weighted by Crippen LogP contribution is 2.32. The van der Waals surface area contributed by atoms with Gasteiger partial charge in [0.2, 0.25) is 6.79 Å². The zero-order valence-electron chi connectivity index (χ0n) is 10.6. The molecule has 1 aromatic rings. The van der Waals surface area contributed by atoms with Crippen molar-refractivity contribution in [3.05, 3.63) is 23.8 Å². The Balaban J connectivity index is 2.05. The first-order valence-corrected chi connectivity index (χ1v) is 6.02. The number of ether oxygens (including phenoxy) is 2. The Bertz CT molecular complexity index is 448. The van der Waals surface area contributed by atoms with E-state index < -0.39 is 0 Å². The topological polar surface area (TPSA) is 73.6 Å². The van der Waals surface area contributed by atoms with Gasteiger partial charge in [-0.25, -0.2) is 0 Å². The summed E-state index contributed by atoms with van der Waals surface area (Å²) in [5.41, 5.74) is 6.14. The van der Waals surface area contributed by atoms with Crippen LogP contribution in [0, 0.1) is 5.92 Å². The number of fused-ring (bicyclic) bond motifs is 1. The van der Waals surface area contributed by atoms with E-state index in [0.717, 1.165) is 0 Å². The summed E-state index contributed by atoms with van der Waals surface area (Å²) in [4.78, 5) is 12.0. The van der Waals surface area contributed by atoms with Gasteiger partial charge in [-0.05, 0) is 37.6 Å². The van der Waals surface area contributed by atoms with E-state index in [-0.39, 0.29) is 24.7 Å². The summed E-state index contributed by atoms with van der Waals surface area (Å²) in [6, 6.07) is 5.20. The summed E-state index contributed by atoms with van der Waals surface area (Å²) in [5, 5.41) is 2.92. The summed E-state index contributed by atoms with van der Waals surface area (Å²) in [6.45, 7) is 4.70. The number of rotatable bonds is 4. The van der Waals surface area contributed by atoms with Crippen molar-refractivity contribution in [1.82, 2.24) is 5.32 Å². The standard InChI is InChI=1S/C13H18N2O3/c1-8(6-14)9(2)15-13(16)10-3-4-11-12(5-10)18-7-17-11/h3-5,8-9H,6-7,14H2,1-2H3,(H,15,16). The predicted molar refractivity (Wildman–Crippen MR) is 67.7 cm³/mol. The van der Waals surface area contributed by atoms with E-state index >= 15 is 0 Å². The molecule has 0 saturated carbocycles. The second kappa shape index (κ2) is 5.27. The molecule has 2 unspecified atom stereocenters. The lowest BCUT2D eigenvalue weighted by Crippen LogP contribution is -2.39. The van der Waals surface area contributed by atoms with Crippen molar-refractivity contribution in [2.75, 3.05) is 13.3 Å². The monoisotopic (exact) mass is 250 g/mol. The summed E-state index contributed by atoms with van der Waals surface area (Å²) >= 11 is 0. The van der Waals surface area contributed by atoms with Gasteiger partial charge in [0.05, 0.1) is 0 Å². The molecule has 2 atom stereocenters. The number of amides is 1. The van der Waals surface area contributed by atoms with E-state index in [1.54, 1.807) is 18.2 Å². The Morgan fingerprint density at radius 3 is 2.83 bits per heavy atom. The average molecular weight is 250 g/mol. The van der Waals surface area contributed by atoms with Gasteiger partial charge in [0, 0.05) is 11.6 Å². The van der Waals surface area contributed by atoms with Gasteiger partial charge in [-0.15, -0.1) is 0 Å². The minimum absolute atomic E-state index is 0.0351. The van der Waals surface area contributed by atoms with Gasteiger partial charge in [0.1, 0.15) is 0 Å². The van der Waals surface area contributed by atoms with Gasteiger partial charge in [-0.2, -0.15) is 0 Å². The fourth-order valence-corrected chi connectivity index (χ4v) is 1.67. The molecule has 1 aliphatic rings. The molecular weight excluding hydrogens is 232 g/mol. The van der Waals surface area contributed by atoms with Crippen molar-refractivity contribution in [3.63, 3.8) is 0 Å². The molecule has 18 heavy (non-hydrogen) atoms. The maximum Gasteiger partial charge on any atom is 0.251 e. The molecule has 2 rings (SSSR count). The van der Waals surface area contributed by atoms with Gasteiger partial charge in [-0.3, -0.25) is 4.79 Å². The Labute approximate surface area is 106 Å². The summed E-state index contributed by atoms with van der Waals surface area (Å²) in [6.07, 6.45) is 0. The average Bonchev–Trinajstić information content (AvgIpc) is 2.84. The zero-order chi connectivity index (χ0) is 13.1. The van der Waals surface area contributed by atoms with E-state index in [0.29, 0.717) is 23.6 Å². The number of nitrogens with two attached hydrogens (primary N) is 1. The molecule has 0 aliphatic carbocycles. The van der Waals surface area contributed by atoms with Crippen LogP contribution < -0.4 is 20.5 Å². The first-order valence-electron chi connectivity index (χ1n) is 6.02. The van der Waals surface area contributed by atoms with Crippen LogP contribution in [0.4, 0.5) is 0 Å². The molecule has 5 nitrogen and oxygen atoms in total. The minimum Gasteiger partial charge on any atom is -0.454 e. The third-order valence-electron chi connectivity index (χ3n) is 3.22. The fraction of sp³-hybridized carbons (Fsp3) is 0.462. The van der Waals surface area contributed by atoms with Gasteiger partial charge in [0.15, 0.2) is 11.5 Å². The second-order valence-electron chi connectivity index (χ2n) is 4.54. The highest BCUT2D eigenvalue weighted by atomic mass is 16.7. The number of hydrogen-bond acceptors (Lipinski definition) is 4. The van der Waals surface area contributed by atoms with Crippen LogP contribution in [0.25, 0.3) is 0 Å². The van der Waals surface area contributed by atoms with Crippen LogP contribution in [0.15, 0.2) is 18.2 Å². The van der Waals surface area contributed by atoms with Crippen molar-refractivity contribution in [1.29, 1.82) is 0 Å². The van der Waals surface area contributed by atoms with Gasteiger partial charge in [-0.1, -0.05) is 6.92 Å². The minimum atomic E-state index is -0.124. The number of carbonyl (C=O) groups excluding carboxylic acids is 1. The molecule has 3 N–H and O–H groups in total. The maximum absolute atomic E-state index is 12.0. The molecule has 0 saturated heterocycles. The van der Waals surface area contributed by atoms with Crippen molar-refractivity contribution in [3.8, 4) is 11.5 Å². The first kappa shape index (κ1) is 12.7. The molecule has 5 heteroatoms. The van der Waals surface area contributed by atoms with Crippen molar-refractivity contribution < 1.29 is 14.3 Å². The van der Waals surface area contributed by atoms with Crippen LogP contribution >= 0.6 is 0 Å². The largest absolute Gasteiger partial charge is 0.454 e. The van der Waals surface area contributed by atoms with Crippen molar-refractivity contribution in [2.24, 2.45) is 11.7 Å². The molecule has 0 bridgehead atoms. The van der Waals surface area contributed by atoms with Crippen LogP contribution in [-0.4, -0.2) is 25.3 Å². The van der Waals surface area contributed by atoms with Crippen LogP contribution in [0.3, 0.4) is 0 Å². The van der Waals surface area contributed by atoms with E-state index in [4.69, 9.17) is 15.2 Å². The molecule has 0 spiro atoms. The van der Waals surface area contributed by atoms with E-state index in [9.17, 15) is 4.79 Å². The summed E-state index contributed by atoms with van der Waals surface area (Å²) in [7, 11) is 0. The fourth-order valence-electron chi connectivity index (χ4n) is 1.67. The lowest BCUT2D eigenvalue weighted by atomic mass is 10.0. The zero-order valence-corrected chi connectivity index (χ0v) is 10.6. The molecule has 1 aromatic carbocycles. The smallest absolute Gasteiger partial charge is 0.251 e. The van der Waals surface area contributed by atoms with Gasteiger partial charge in [0.25, 0.3) is 5.91 Å². The summed E-state index contributed by atoms with van der Waals surface area (Å²) < 4.78 is 10.4. The SMILES string of the molecule is CC(CN)C(C)NC(=O)c1ccc2c(c1)OCO2. The molecule has 1 aliphatic heterocycles. The molecule has 1 heterocycles. The van der Waals surface area contributed by atoms with Crippen LogP contribution in [0.5, 0.6) is 11.5 Å². The van der Waals surface area contributed by atoms with Crippen molar-refractivity contribution >= 4 is 5.91 Å². The van der Waals surface area contributed by atoms with E-state index in [1.165, 1.54) is 0 Å². The van der Waals surface area contributed by atoms with Crippen LogP contribution in [0.1, 0.15) is 24.2 Å². The lowest BCUT2D eigenvalue weighted by Gasteiger charge is -2.19. The Hall–Kier alpha value is -1.75. The highest BCUT2D eigenvalue weighted by molar-refractivity contribution is 5.95. The molecule has 98 valence electrons. The number of carbonyl (C=O) groups is 1. The summed E-state index contributed by atoms with van der Waals surface area (Å²) in [5.74, 6) is 1.40. The maximum atomic E-state index is 12.0. The first-order chi connectivity index (χ1) is 8.61. The third-order valence-corrected chi connectivity index (χ3v) is 3.22. The molecule has 0 fully saturated rings. The predicted octanol–water partition coefficient (Wildman–Crippen LogP) is 1.13. The molecule has 0 radical (unpaired) electrons. The van der Waals surface area contributed by atoms with E-state index in [1.807, 2.05) is 13.8 Å². The normalized spacial score (nSPS) is 16.2. The third kappa shape index (κ3) is 2.56. The number of benzene rings is 1. The Morgan fingerprint density at radius 1 is 1.39 bits per heavy atom. The highest BCUT2D eigenvalue weighted by Gasteiger charge is 2.18. The van der Waals surface area contributed by atoms with Gasteiger partial charge < -0.3 is 20.5 Å². The number of nitrogens with one attached hydrogen (secondary N) is 1. The molecule has 1 amide bonds. The molecular formula is C13H18N2O3. The van der Waals surface area contributed by atoms with Crippen LogP contribution in [-0.2, 0) is 0 Å². The number of hydrogen-bond donors (Lipinski definition) is 2. The Morgan fingerprint density at radius 2 is 2.11 bits per heavy atom. The van der Waals surface area contributed by atoms with Crippen LogP contribution in [0.2, 0.25) is 0 Å². The molecule has 0 aromatic heterocycles. The Kier molecular flexibility index (Phi) is 3.72.